The largest absolute Gasteiger partial charge is 0.390 e. The average molecular weight is 542 g/mol. The number of ketones is 1. The summed E-state index contributed by atoms with van der Waals surface area (Å²) in [5, 5.41) is 13.5. The van der Waals surface area contributed by atoms with E-state index in [2.05, 4.69) is 17.1 Å². The van der Waals surface area contributed by atoms with Gasteiger partial charge in [-0.1, -0.05) is 81.8 Å². The Morgan fingerprint density at radius 2 is 1.63 bits per heavy atom. The van der Waals surface area contributed by atoms with Crippen molar-refractivity contribution >= 4 is 30.0 Å². The number of halogens is 1. The van der Waals surface area contributed by atoms with Crippen LogP contribution in [0.25, 0.3) is 0 Å². The standard InChI is InChI=1S/C30H39N3O4.ClH/c1-4-5-17-33-28(36)25(26(34)21(2)3)31-29(37)30(33)15-18-32(19-16-30)20-22-11-13-24(14-12-22)27(35)23-9-7-6-8-10-23;/h6-14,21,25-26,34H,4-5,15-20H2,1-3H3,(H,31,37);1H/t25-,26-;/m1./s1. The summed E-state index contributed by atoms with van der Waals surface area (Å²) in [6, 6.07) is 16.1. The Morgan fingerprint density at radius 1 is 1.03 bits per heavy atom. The predicted octanol–water partition coefficient (Wildman–Crippen LogP) is 3.82. The van der Waals surface area contributed by atoms with Crippen molar-refractivity contribution in [1.82, 2.24) is 15.1 Å². The molecule has 7 nitrogen and oxygen atoms in total. The minimum atomic E-state index is -0.908. The molecule has 0 aliphatic carbocycles. The number of amides is 2. The highest BCUT2D eigenvalue weighted by Gasteiger charge is 2.54. The second kappa shape index (κ2) is 12.9. The highest BCUT2D eigenvalue weighted by Crippen LogP contribution is 2.34. The van der Waals surface area contributed by atoms with Crippen LogP contribution in [0.3, 0.4) is 0 Å². The maximum atomic E-state index is 13.5. The summed E-state index contributed by atoms with van der Waals surface area (Å²) in [5.74, 6) is -0.432. The van der Waals surface area contributed by atoms with Crippen LogP contribution in [0.5, 0.6) is 0 Å². The molecule has 2 aromatic rings. The van der Waals surface area contributed by atoms with Crippen LogP contribution in [0.15, 0.2) is 54.6 Å². The third-order valence-electron chi connectivity index (χ3n) is 7.86. The van der Waals surface area contributed by atoms with Gasteiger partial charge in [-0.3, -0.25) is 19.3 Å². The second-order valence-electron chi connectivity index (χ2n) is 10.7. The molecule has 2 atom stereocenters. The summed E-state index contributed by atoms with van der Waals surface area (Å²) in [7, 11) is 0. The maximum absolute atomic E-state index is 13.5. The van der Waals surface area contributed by atoms with E-state index in [1.54, 1.807) is 4.90 Å². The number of piperidine rings is 1. The first kappa shape index (κ1) is 29.8. The van der Waals surface area contributed by atoms with Crippen LogP contribution in [0.1, 0.15) is 67.9 Å². The predicted molar refractivity (Wildman–Crippen MR) is 150 cm³/mol. The van der Waals surface area contributed by atoms with Crippen LogP contribution in [-0.4, -0.2) is 69.8 Å². The molecule has 206 valence electrons. The highest BCUT2D eigenvalue weighted by atomic mass is 35.5. The Balaban J connectivity index is 0.00000400. The zero-order valence-electron chi connectivity index (χ0n) is 22.6. The molecule has 2 saturated heterocycles. The summed E-state index contributed by atoms with van der Waals surface area (Å²) in [5.41, 5.74) is 1.58. The third kappa shape index (κ3) is 6.11. The number of aliphatic hydroxyl groups is 1. The number of nitrogens with one attached hydrogen (secondary N) is 1. The van der Waals surface area contributed by atoms with E-state index < -0.39 is 17.7 Å². The maximum Gasteiger partial charge on any atom is 0.248 e. The SMILES string of the molecule is CCCCN1C(=O)[C@@H]([C@H](O)C(C)C)NC(=O)C12CCN(Cc1ccc(C(=O)c3ccccc3)cc1)CC2.Cl. The number of hydrogen-bond acceptors (Lipinski definition) is 5. The number of benzene rings is 2. The monoisotopic (exact) mass is 541 g/mol. The summed E-state index contributed by atoms with van der Waals surface area (Å²) in [6.45, 7) is 8.40. The number of nitrogens with zero attached hydrogens (tertiary/aromatic N) is 2. The molecule has 2 aliphatic rings. The minimum Gasteiger partial charge on any atom is -0.390 e. The fourth-order valence-corrected chi connectivity index (χ4v) is 5.45. The lowest BCUT2D eigenvalue weighted by atomic mass is 9.80. The second-order valence-corrected chi connectivity index (χ2v) is 10.7. The summed E-state index contributed by atoms with van der Waals surface area (Å²) >= 11 is 0. The van der Waals surface area contributed by atoms with Crippen LogP contribution in [-0.2, 0) is 16.1 Å². The van der Waals surface area contributed by atoms with Gasteiger partial charge in [0.15, 0.2) is 5.78 Å². The van der Waals surface area contributed by atoms with Gasteiger partial charge in [0.2, 0.25) is 11.8 Å². The van der Waals surface area contributed by atoms with E-state index in [0.29, 0.717) is 43.6 Å². The average Bonchev–Trinajstić information content (AvgIpc) is 2.92. The molecule has 0 unspecified atom stereocenters. The van der Waals surface area contributed by atoms with Gasteiger partial charge < -0.3 is 15.3 Å². The van der Waals surface area contributed by atoms with E-state index in [0.717, 1.165) is 24.9 Å². The van der Waals surface area contributed by atoms with E-state index in [-0.39, 0.29) is 35.9 Å². The topological polar surface area (TPSA) is 90.0 Å². The van der Waals surface area contributed by atoms with Crippen molar-refractivity contribution in [3.8, 4) is 0 Å². The number of unbranched alkanes of at least 4 members (excludes halogenated alkanes) is 1. The van der Waals surface area contributed by atoms with Crippen molar-refractivity contribution in [1.29, 1.82) is 0 Å². The van der Waals surface area contributed by atoms with E-state index in [9.17, 15) is 19.5 Å². The molecule has 0 radical (unpaired) electrons. The fraction of sp³-hybridized carbons (Fsp3) is 0.500. The van der Waals surface area contributed by atoms with E-state index >= 15 is 0 Å². The molecule has 2 aliphatic heterocycles. The number of piperazine rings is 1. The van der Waals surface area contributed by atoms with Gasteiger partial charge in [0, 0.05) is 37.3 Å². The molecule has 0 aromatic heterocycles. The summed E-state index contributed by atoms with van der Waals surface area (Å²) in [6.07, 6.45) is 1.96. The van der Waals surface area contributed by atoms with Crippen LogP contribution >= 0.6 is 12.4 Å². The number of carbonyl (C=O) groups excluding carboxylic acids is 3. The van der Waals surface area contributed by atoms with Gasteiger partial charge in [-0.05, 0) is 30.7 Å². The van der Waals surface area contributed by atoms with Gasteiger partial charge in [-0.15, -0.1) is 12.4 Å². The molecule has 4 rings (SSSR count). The number of carbonyl (C=O) groups is 3. The first-order valence-electron chi connectivity index (χ1n) is 13.5. The number of rotatable bonds is 9. The molecule has 1 spiro atoms. The normalized spacial score (nSPS) is 20.2. The van der Waals surface area contributed by atoms with Crippen LogP contribution < -0.4 is 5.32 Å². The molecule has 2 heterocycles. The van der Waals surface area contributed by atoms with E-state index in [4.69, 9.17) is 0 Å². The van der Waals surface area contributed by atoms with Crippen molar-refractivity contribution in [2.45, 2.75) is 70.7 Å². The molecule has 0 saturated carbocycles. The lowest BCUT2D eigenvalue weighted by molar-refractivity contribution is -0.165. The lowest BCUT2D eigenvalue weighted by Gasteiger charge is -2.52. The Hall–Kier alpha value is -2.74. The molecule has 8 heteroatoms. The van der Waals surface area contributed by atoms with E-state index in [1.807, 2.05) is 68.4 Å². The molecule has 38 heavy (non-hydrogen) atoms. The van der Waals surface area contributed by atoms with Crippen molar-refractivity contribution < 1.29 is 19.5 Å². The Morgan fingerprint density at radius 3 is 2.21 bits per heavy atom. The molecule has 2 fully saturated rings. The zero-order chi connectivity index (χ0) is 26.6. The van der Waals surface area contributed by atoms with Crippen molar-refractivity contribution in [3.05, 3.63) is 71.3 Å². The minimum absolute atomic E-state index is 0. The molecule has 2 N–H and O–H groups in total. The van der Waals surface area contributed by atoms with Gasteiger partial charge in [0.05, 0.1) is 6.10 Å². The zero-order valence-corrected chi connectivity index (χ0v) is 23.4. The van der Waals surface area contributed by atoms with Gasteiger partial charge >= 0.3 is 0 Å². The fourth-order valence-electron chi connectivity index (χ4n) is 5.45. The number of likely N-dealkylation sites (tertiary alicyclic amines) is 1. The first-order valence-corrected chi connectivity index (χ1v) is 13.5. The van der Waals surface area contributed by atoms with Crippen molar-refractivity contribution in [2.24, 2.45) is 5.92 Å². The molecule has 2 amide bonds. The highest BCUT2D eigenvalue weighted by molar-refractivity contribution is 6.09. The van der Waals surface area contributed by atoms with Gasteiger partial charge in [0.25, 0.3) is 0 Å². The molecule has 2 aromatic carbocycles. The molecular formula is C30H40ClN3O4. The Labute approximate surface area is 232 Å². The smallest absolute Gasteiger partial charge is 0.248 e. The molecule has 0 bridgehead atoms. The molecular weight excluding hydrogens is 502 g/mol. The first-order chi connectivity index (χ1) is 17.8. The Bertz CT molecular complexity index is 1100. The van der Waals surface area contributed by atoms with Gasteiger partial charge in [-0.25, -0.2) is 0 Å². The van der Waals surface area contributed by atoms with Gasteiger partial charge in [-0.2, -0.15) is 0 Å². The van der Waals surface area contributed by atoms with Crippen molar-refractivity contribution in [2.75, 3.05) is 19.6 Å². The van der Waals surface area contributed by atoms with Crippen LogP contribution in [0.4, 0.5) is 0 Å². The van der Waals surface area contributed by atoms with Gasteiger partial charge in [0.1, 0.15) is 11.6 Å². The van der Waals surface area contributed by atoms with E-state index in [1.165, 1.54) is 0 Å². The Kier molecular flexibility index (Phi) is 10.1. The summed E-state index contributed by atoms with van der Waals surface area (Å²) in [4.78, 5) is 43.7. The van der Waals surface area contributed by atoms with Crippen molar-refractivity contribution in [3.63, 3.8) is 0 Å². The summed E-state index contributed by atoms with van der Waals surface area (Å²) < 4.78 is 0. The third-order valence-corrected chi connectivity index (χ3v) is 7.86. The van der Waals surface area contributed by atoms with Crippen LogP contribution in [0, 0.1) is 5.92 Å². The lowest BCUT2D eigenvalue weighted by Crippen LogP contribution is -2.74. The quantitative estimate of drug-likeness (QED) is 0.471. The number of aliphatic hydroxyl groups excluding tert-OH is 1. The number of hydrogen-bond donors (Lipinski definition) is 2. The van der Waals surface area contributed by atoms with Crippen LogP contribution in [0.2, 0.25) is 0 Å².